The molecular weight excluding hydrogens is 607 g/mol. The quantitative estimate of drug-likeness (QED) is 0.181. The van der Waals surface area contributed by atoms with E-state index in [4.69, 9.17) is 15.0 Å². The Labute approximate surface area is 293 Å². The van der Waals surface area contributed by atoms with Gasteiger partial charge in [0.1, 0.15) is 0 Å². The van der Waals surface area contributed by atoms with E-state index in [1.807, 2.05) is 18.2 Å². The number of nitrogens with zero attached hydrogens (tertiary/aromatic N) is 3. The highest BCUT2D eigenvalue weighted by molar-refractivity contribution is 5.95. The van der Waals surface area contributed by atoms with Crippen LogP contribution >= 0.6 is 0 Å². The van der Waals surface area contributed by atoms with Crippen molar-refractivity contribution in [3.8, 4) is 45.3 Å². The van der Waals surface area contributed by atoms with Gasteiger partial charge < -0.3 is 0 Å². The van der Waals surface area contributed by atoms with Crippen LogP contribution < -0.4 is 0 Å². The van der Waals surface area contributed by atoms with Gasteiger partial charge in [0.05, 0.1) is 0 Å². The minimum absolute atomic E-state index is 0.0128. The third-order valence-corrected chi connectivity index (χ3v) is 10.6. The molecule has 0 unspecified atom stereocenters. The molecule has 7 aromatic carbocycles. The van der Waals surface area contributed by atoms with E-state index in [-0.39, 0.29) is 5.41 Å². The van der Waals surface area contributed by atoms with Crippen LogP contribution in [0.3, 0.4) is 0 Å². The Kier molecular flexibility index (Phi) is 7.74. The first kappa shape index (κ1) is 30.2. The second-order valence-electron chi connectivity index (χ2n) is 13.6. The Balaban J connectivity index is 1.09. The van der Waals surface area contributed by atoms with Crippen molar-refractivity contribution >= 4 is 21.5 Å². The number of rotatable bonds is 6. The zero-order valence-electron chi connectivity index (χ0n) is 28.0. The van der Waals surface area contributed by atoms with Gasteiger partial charge in [-0.25, -0.2) is 15.0 Å². The molecular formula is C47H37N3. The molecule has 9 rings (SSSR count). The van der Waals surface area contributed by atoms with Gasteiger partial charge in [-0.15, -0.1) is 0 Å². The molecule has 1 aromatic heterocycles. The maximum absolute atomic E-state index is 5.10. The van der Waals surface area contributed by atoms with Crippen LogP contribution in [-0.2, 0) is 5.41 Å². The molecule has 0 bridgehead atoms. The van der Waals surface area contributed by atoms with Crippen molar-refractivity contribution in [3.63, 3.8) is 0 Å². The fourth-order valence-corrected chi connectivity index (χ4v) is 7.95. The van der Waals surface area contributed by atoms with Crippen LogP contribution in [0.25, 0.3) is 66.8 Å². The minimum atomic E-state index is -0.0128. The predicted molar refractivity (Wildman–Crippen MR) is 207 cm³/mol. The minimum Gasteiger partial charge on any atom is -0.208 e. The first-order valence-electron chi connectivity index (χ1n) is 17.7. The largest absolute Gasteiger partial charge is 0.208 e. The van der Waals surface area contributed by atoms with Gasteiger partial charge in [-0.2, -0.15) is 0 Å². The van der Waals surface area contributed by atoms with Gasteiger partial charge in [0.2, 0.25) is 0 Å². The van der Waals surface area contributed by atoms with Crippen LogP contribution in [0.5, 0.6) is 0 Å². The van der Waals surface area contributed by atoms with Crippen LogP contribution in [0.15, 0.2) is 164 Å². The Morgan fingerprint density at radius 1 is 0.360 bits per heavy atom. The molecule has 1 fully saturated rings. The van der Waals surface area contributed by atoms with E-state index in [2.05, 4.69) is 146 Å². The summed E-state index contributed by atoms with van der Waals surface area (Å²) in [5.74, 6) is 2.05. The summed E-state index contributed by atoms with van der Waals surface area (Å²) in [5.41, 5.74) is 8.24. The topological polar surface area (TPSA) is 38.7 Å². The first-order chi connectivity index (χ1) is 24.7. The molecule has 0 aliphatic heterocycles. The number of hydrogen-bond donors (Lipinski definition) is 0. The van der Waals surface area contributed by atoms with E-state index in [0.29, 0.717) is 17.5 Å². The van der Waals surface area contributed by atoms with Gasteiger partial charge in [-0.1, -0.05) is 177 Å². The first-order valence-corrected chi connectivity index (χ1v) is 17.7. The van der Waals surface area contributed by atoms with Crippen molar-refractivity contribution in [2.75, 3.05) is 0 Å². The molecule has 1 saturated carbocycles. The molecule has 0 N–H and O–H groups in total. The predicted octanol–water partition coefficient (Wildman–Crippen LogP) is 12.1. The Morgan fingerprint density at radius 2 is 0.900 bits per heavy atom. The average molecular weight is 644 g/mol. The molecule has 0 radical (unpaired) electrons. The summed E-state index contributed by atoms with van der Waals surface area (Å²) < 4.78 is 0. The number of fused-ring (bicyclic) bond motifs is 2. The molecule has 0 atom stereocenters. The summed E-state index contributed by atoms with van der Waals surface area (Å²) >= 11 is 0. The van der Waals surface area contributed by atoms with Crippen molar-refractivity contribution < 1.29 is 0 Å². The summed E-state index contributed by atoms with van der Waals surface area (Å²) in [6.07, 6.45) is 6.06. The highest BCUT2D eigenvalue weighted by atomic mass is 15.0. The molecule has 1 heterocycles. The summed E-state index contributed by atoms with van der Waals surface area (Å²) in [6.45, 7) is 0. The van der Waals surface area contributed by atoms with Gasteiger partial charge in [0.25, 0.3) is 0 Å². The Bertz CT molecular complexity index is 2440. The van der Waals surface area contributed by atoms with Crippen molar-refractivity contribution in [1.82, 2.24) is 15.0 Å². The molecule has 1 aliphatic carbocycles. The van der Waals surface area contributed by atoms with E-state index >= 15 is 0 Å². The summed E-state index contributed by atoms with van der Waals surface area (Å²) in [6, 6.07) is 58.7. The van der Waals surface area contributed by atoms with Gasteiger partial charge in [-0.3, -0.25) is 0 Å². The molecule has 0 saturated heterocycles. The summed E-state index contributed by atoms with van der Waals surface area (Å²) in [5, 5.41) is 4.85. The summed E-state index contributed by atoms with van der Waals surface area (Å²) in [4.78, 5) is 15.1. The van der Waals surface area contributed by atoms with Crippen LogP contribution in [-0.4, -0.2) is 15.0 Å². The summed E-state index contributed by atoms with van der Waals surface area (Å²) in [7, 11) is 0. The normalized spacial score (nSPS) is 14.2. The van der Waals surface area contributed by atoms with E-state index in [1.54, 1.807) is 0 Å². The number of benzene rings is 7. The van der Waals surface area contributed by atoms with E-state index in [9.17, 15) is 0 Å². The number of aromatic nitrogens is 3. The highest BCUT2D eigenvalue weighted by Crippen LogP contribution is 2.46. The zero-order valence-corrected chi connectivity index (χ0v) is 28.0. The molecule has 0 amide bonds. The standard InChI is InChI=1S/C47H37N3/c1-3-14-36(15-4-1)44-48-45(50-46(49-44)43-19-11-17-35-13-7-8-18-42(35)43)37-24-28-41(29-25-37)47(30-9-2-10-31-47)40-26-22-34(23-27-40)39-21-20-33-12-5-6-16-38(33)32-39/h1,3-8,11-29,32H,2,9-10,30-31H2. The van der Waals surface area contributed by atoms with E-state index < -0.39 is 0 Å². The van der Waals surface area contributed by atoms with Gasteiger partial charge in [-0.05, 0) is 62.7 Å². The molecule has 0 spiro atoms. The fourth-order valence-electron chi connectivity index (χ4n) is 7.95. The Hall–Kier alpha value is -5.93. The zero-order chi connectivity index (χ0) is 33.3. The molecule has 1 aliphatic rings. The van der Waals surface area contributed by atoms with Crippen LogP contribution in [0.4, 0.5) is 0 Å². The monoisotopic (exact) mass is 643 g/mol. The third kappa shape index (κ3) is 5.55. The lowest BCUT2D eigenvalue weighted by molar-refractivity contribution is 0.346. The average Bonchev–Trinajstić information content (AvgIpc) is 3.21. The maximum atomic E-state index is 5.10. The lowest BCUT2D eigenvalue weighted by Gasteiger charge is -2.39. The second-order valence-corrected chi connectivity index (χ2v) is 13.6. The Morgan fingerprint density at radius 3 is 1.62 bits per heavy atom. The maximum Gasteiger partial charge on any atom is 0.164 e. The van der Waals surface area contributed by atoms with Crippen LogP contribution in [0.2, 0.25) is 0 Å². The van der Waals surface area contributed by atoms with Crippen molar-refractivity contribution in [3.05, 3.63) is 175 Å². The third-order valence-electron chi connectivity index (χ3n) is 10.6. The van der Waals surface area contributed by atoms with Crippen molar-refractivity contribution in [2.45, 2.75) is 37.5 Å². The highest BCUT2D eigenvalue weighted by Gasteiger charge is 2.35. The van der Waals surface area contributed by atoms with E-state index in [0.717, 1.165) is 34.9 Å². The van der Waals surface area contributed by atoms with Gasteiger partial charge in [0.15, 0.2) is 17.5 Å². The number of hydrogen-bond acceptors (Lipinski definition) is 3. The smallest absolute Gasteiger partial charge is 0.164 e. The van der Waals surface area contributed by atoms with Crippen molar-refractivity contribution in [1.29, 1.82) is 0 Å². The van der Waals surface area contributed by atoms with Gasteiger partial charge >= 0.3 is 0 Å². The van der Waals surface area contributed by atoms with Crippen LogP contribution in [0, 0.1) is 0 Å². The molecule has 50 heavy (non-hydrogen) atoms. The molecule has 3 nitrogen and oxygen atoms in total. The second kappa shape index (κ2) is 12.8. The molecule has 8 aromatic rings. The lowest BCUT2D eigenvalue weighted by Crippen LogP contribution is -2.30. The lowest BCUT2D eigenvalue weighted by atomic mass is 9.65. The van der Waals surface area contributed by atoms with E-state index in [1.165, 1.54) is 57.7 Å². The van der Waals surface area contributed by atoms with Gasteiger partial charge in [0, 0.05) is 22.1 Å². The SMILES string of the molecule is c1ccc(-c2nc(-c3ccc(C4(c5ccc(-c6ccc7ccccc7c6)cc5)CCCCC4)cc3)nc(-c3cccc4ccccc34)n2)cc1. The molecule has 3 heteroatoms. The molecule has 240 valence electrons. The van der Waals surface area contributed by atoms with Crippen molar-refractivity contribution in [2.24, 2.45) is 0 Å². The fraction of sp³-hybridized carbons (Fsp3) is 0.128. The van der Waals surface area contributed by atoms with Crippen LogP contribution in [0.1, 0.15) is 43.2 Å².